The lowest BCUT2D eigenvalue weighted by atomic mass is 10.2. The van der Waals surface area contributed by atoms with Crippen LogP contribution in [0.1, 0.15) is 12.3 Å². The lowest BCUT2D eigenvalue weighted by Crippen LogP contribution is -2.26. The van der Waals surface area contributed by atoms with Crippen LogP contribution in [-0.2, 0) is 11.3 Å². The Hall–Kier alpha value is -1.92. The van der Waals surface area contributed by atoms with Crippen molar-refractivity contribution in [2.75, 3.05) is 13.6 Å². The Bertz CT molecular complexity index is 530. The molecule has 0 aliphatic carbocycles. The smallest absolute Gasteiger partial charge is 0.246 e. The average molecular weight is 297 g/mol. The zero-order chi connectivity index (χ0) is 13.5. The largest absolute Gasteiger partial charge is 0.347 e. The van der Waals surface area contributed by atoms with Gasteiger partial charge in [-0.15, -0.1) is 12.4 Å². The van der Waals surface area contributed by atoms with Crippen molar-refractivity contribution in [2.45, 2.75) is 13.0 Å². The van der Waals surface area contributed by atoms with Gasteiger partial charge in [-0.3, -0.25) is 4.79 Å². The van der Waals surface area contributed by atoms with Crippen molar-refractivity contribution in [3.63, 3.8) is 0 Å². The molecule has 0 atom stereocenters. The fourth-order valence-corrected chi connectivity index (χ4v) is 1.53. The molecule has 0 radical (unpaired) electrons. The molecule has 1 aromatic carbocycles. The molecule has 0 fully saturated rings. The first-order chi connectivity index (χ1) is 9.29. The molecule has 0 saturated carbocycles. The number of hydrogen-bond donors (Lipinski definition) is 2. The van der Waals surface area contributed by atoms with Crippen LogP contribution in [-0.4, -0.2) is 29.6 Å². The van der Waals surface area contributed by atoms with Gasteiger partial charge in [-0.05, 0) is 7.05 Å². The number of benzene rings is 1. The monoisotopic (exact) mass is 296 g/mol. The number of hydrogen-bond acceptors (Lipinski definition) is 5. The molecule has 0 saturated heterocycles. The second-order valence-electron chi connectivity index (χ2n) is 4.01. The van der Waals surface area contributed by atoms with Crippen molar-refractivity contribution >= 4 is 18.3 Å². The number of nitrogens with zero attached hydrogens (tertiary/aromatic N) is 2. The second-order valence-corrected chi connectivity index (χ2v) is 4.01. The fourth-order valence-electron chi connectivity index (χ4n) is 1.53. The van der Waals surface area contributed by atoms with Crippen molar-refractivity contribution in [2.24, 2.45) is 0 Å². The molecule has 2 rings (SSSR count). The van der Waals surface area contributed by atoms with Gasteiger partial charge in [0, 0.05) is 18.5 Å². The Morgan fingerprint density at radius 1 is 1.30 bits per heavy atom. The van der Waals surface area contributed by atoms with Crippen LogP contribution in [0.15, 0.2) is 34.9 Å². The Morgan fingerprint density at radius 2 is 2.05 bits per heavy atom. The van der Waals surface area contributed by atoms with Crippen LogP contribution in [0.25, 0.3) is 11.4 Å². The highest BCUT2D eigenvalue weighted by atomic mass is 35.5. The number of carbonyl (C=O) groups is 1. The molecule has 0 bridgehead atoms. The summed E-state index contributed by atoms with van der Waals surface area (Å²) in [7, 11) is 1.80. The van der Waals surface area contributed by atoms with Gasteiger partial charge in [0.05, 0.1) is 6.54 Å². The zero-order valence-corrected chi connectivity index (χ0v) is 11.9. The van der Waals surface area contributed by atoms with E-state index in [4.69, 9.17) is 4.52 Å². The molecular weight excluding hydrogens is 280 g/mol. The molecule has 108 valence electrons. The summed E-state index contributed by atoms with van der Waals surface area (Å²) in [5.41, 5.74) is 0.888. The van der Waals surface area contributed by atoms with E-state index in [1.165, 1.54) is 0 Å². The molecule has 1 amide bonds. The Kier molecular flexibility index (Phi) is 6.69. The van der Waals surface area contributed by atoms with E-state index in [-0.39, 0.29) is 24.9 Å². The molecule has 0 aliphatic rings. The predicted molar refractivity (Wildman–Crippen MR) is 77.4 cm³/mol. The molecule has 0 spiro atoms. The second kappa shape index (κ2) is 8.29. The summed E-state index contributed by atoms with van der Waals surface area (Å²) < 4.78 is 5.08. The third-order valence-electron chi connectivity index (χ3n) is 2.54. The number of amides is 1. The summed E-state index contributed by atoms with van der Waals surface area (Å²) in [4.78, 5) is 15.6. The molecule has 20 heavy (non-hydrogen) atoms. The van der Waals surface area contributed by atoms with Crippen LogP contribution in [0.2, 0.25) is 0 Å². The summed E-state index contributed by atoms with van der Waals surface area (Å²) in [5, 5.41) is 9.51. The molecule has 2 aromatic rings. The molecule has 0 aliphatic heterocycles. The summed E-state index contributed by atoms with van der Waals surface area (Å²) in [6.07, 6.45) is 0.427. The third kappa shape index (κ3) is 4.64. The lowest BCUT2D eigenvalue weighted by molar-refractivity contribution is -0.121. The van der Waals surface area contributed by atoms with Crippen LogP contribution in [0, 0.1) is 0 Å². The first kappa shape index (κ1) is 16.1. The summed E-state index contributed by atoms with van der Waals surface area (Å²) >= 11 is 0. The summed E-state index contributed by atoms with van der Waals surface area (Å²) in [5.74, 6) is 0.880. The van der Waals surface area contributed by atoms with Gasteiger partial charge in [0.2, 0.25) is 17.6 Å². The van der Waals surface area contributed by atoms with E-state index in [0.717, 1.165) is 5.56 Å². The van der Waals surface area contributed by atoms with E-state index in [9.17, 15) is 4.79 Å². The minimum atomic E-state index is -0.0474. The molecular formula is C13H17ClN4O2. The van der Waals surface area contributed by atoms with E-state index < -0.39 is 0 Å². The van der Waals surface area contributed by atoms with Crippen LogP contribution < -0.4 is 10.6 Å². The van der Waals surface area contributed by atoms with Gasteiger partial charge in [-0.2, -0.15) is 4.98 Å². The zero-order valence-electron chi connectivity index (χ0n) is 11.1. The van der Waals surface area contributed by atoms with Gasteiger partial charge >= 0.3 is 0 Å². The molecule has 7 heteroatoms. The minimum absolute atomic E-state index is 0. The van der Waals surface area contributed by atoms with Gasteiger partial charge in [-0.25, -0.2) is 0 Å². The number of rotatable bonds is 6. The molecule has 0 unspecified atom stereocenters. The quantitative estimate of drug-likeness (QED) is 0.842. The van der Waals surface area contributed by atoms with Crippen molar-refractivity contribution in [3.05, 3.63) is 36.2 Å². The maximum Gasteiger partial charge on any atom is 0.246 e. The lowest BCUT2D eigenvalue weighted by Gasteiger charge is -2.00. The number of halogens is 1. The third-order valence-corrected chi connectivity index (χ3v) is 2.54. The van der Waals surface area contributed by atoms with E-state index in [1.807, 2.05) is 30.3 Å². The average Bonchev–Trinajstić information content (AvgIpc) is 2.93. The maximum atomic E-state index is 11.4. The molecule has 2 N–H and O–H groups in total. The summed E-state index contributed by atoms with van der Waals surface area (Å²) in [6.45, 7) is 0.896. The highest BCUT2D eigenvalue weighted by Gasteiger charge is 2.09. The number of nitrogens with one attached hydrogen (secondary N) is 2. The van der Waals surface area contributed by atoms with E-state index in [2.05, 4.69) is 20.8 Å². The highest BCUT2D eigenvalue weighted by Crippen LogP contribution is 2.14. The molecule has 1 aromatic heterocycles. The van der Waals surface area contributed by atoms with Crippen LogP contribution in [0.5, 0.6) is 0 Å². The Labute approximate surface area is 123 Å². The maximum absolute atomic E-state index is 11.4. The number of aromatic nitrogens is 2. The van der Waals surface area contributed by atoms with Gasteiger partial charge in [0.1, 0.15) is 0 Å². The van der Waals surface area contributed by atoms with Crippen LogP contribution in [0.3, 0.4) is 0 Å². The SMILES string of the molecule is CNCCC(=O)NCc1nc(-c2ccccc2)no1.Cl. The van der Waals surface area contributed by atoms with Gasteiger partial charge in [0.15, 0.2) is 0 Å². The normalized spacial score (nSPS) is 9.85. The highest BCUT2D eigenvalue weighted by molar-refractivity contribution is 5.85. The van der Waals surface area contributed by atoms with Gasteiger partial charge < -0.3 is 15.2 Å². The minimum Gasteiger partial charge on any atom is -0.347 e. The Morgan fingerprint density at radius 3 is 2.75 bits per heavy atom. The Balaban J connectivity index is 0.00000200. The number of carbonyl (C=O) groups excluding carboxylic acids is 1. The van der Waals surface area contributed by atoms with E-state index in [1.54, 1.807) is 7.05 Å². The predicted octanol–water partition coefficient (Wildman–Crippen LogP) is 1.38. The van der Waals surface area contributed by atoms with Crippen molar-refractivity contribution in [3.8, 4) is 11.4 Å². The molecule has 6 nitrogen and oxygen atoms in total. The summed E-state index contributed by atoms with van der Waals surface area (Å²) in [6, 6.07) is 9.54. The fraction of sp³-hybridized carbons (Fsp3) is 0.308. The van der Waals surface area contributed by atoms with Gasteiger partial charge in [-0.1, -0.05) is 35.5 Å². The standard InChI is InChI=1S/C13H16N4O2.ClH/c1-14-8-7-11(18)15-9-12-16-13(17-19-12)10-5-3-2-4-6-10;/h2-6,14H,7-9H2,1H3,(H,15,18);1H. The van der Waals surface area contributed by atoms with E-state index >= 15 is 0 Å². The molecule has 1 heterocycles. The van der Waals surface area contributed by atoms with Crippen LogP contribution >= 0.6 is 12.4 Å². The van der Waals surface area contributed by atoms with Crippen molar-refractivity contribution < 1.29 is 9.32 Å². The topological polar surface area (TPSA) is 80.0 Å². The van der Waals surface area contributed by atoms with Gasteiger partial charge in [0.25, 0.3) is 0 Å². The van der Waals surface area contributed by atoms with Crippen molar-refractivity contribution in [1.82, 2.24) is 20.8 Å². The first-order valence-corrected chi connectivity index (χ1v) is 6.09. The van der Waals surface area contributed by atoms with Crippen LogP contribution in [0.4, 0.5) is 0 Å². The van der Waals surface area contributed by atoms with Crippen molar-refractivity contribution in [1.29, 1.82) is 0 Å². The first-order valence-electron chi connectivity index (χ1n) is 6.09. The van der Waals surface area contributed by atoms with E-state index in [0.29, 0.717) is 24.7 Å².